The summed E-state index contributed by atoms with van der Waals surface area (Å²) in [6.45, 7) is 0.478. The average Bonchev–Trinajstić information content (AvgIpc) is 2.74. The van der Waals surface area contributed by atoms with Crippen LogP contribution in [0.25, 0.3) is 0 Å². The van der Waals surface area contributed by atoms with Gasteiger partial charge in [-0.25, -0.2) is 0 Å². The molecule has 0 radical (unpaired) electrons. The molecule has 3 N–H and O–H groups in total. The van der Waals surface area contributed by atoms with Gasteiger partial charge in [0.1, 0.15) is 18.4 Å². The van der Waals surface area contributed by atoms with Crippen LogP contribution in [0.1, 0.15) is 21.5 Å². The zero-order valence-corrected chi connectivity index (χ0v) is 15.2. The van der Waals surface area contributed by atoms with E-state index in [1.165, 1.54) is 12.4 Å². The van der Waals surface area contributed by atoms with Crippen LogP contribution < -0.4 is 15.8 Å². The van der Waals surface area contributed by atoms with Crippen molar-refractivity contribution in [2.75, 3.05) is 0 Å². The van der Waals surface area contributed by atoms with E-state index in [0.29, 0.717) is 18.6 Å². The first-order chi connectivity index (χ1) is 13.6. The summed E-state index contributed by atoms with van der Waals surface area (Å²) in [4.78, 5) is 27.9. The third-order valence-corrected chi connectivity index (χ3v) is 4.20. The van der Waals surface area contributed by atoms with Gasteiger partial charge >= 0.3 is 0 Å². The van der Waals surface area contributed by atoms with Crippen molar-refractivity contribution < 1.29 is 14.3 Å². The van der Waals surface area contributed by atoms with Crippen molar-refractivity contribution in [2.24, 2.45) is 5.73 Å². The highest BCUT2D eigenvalue weighted by molar-refractivity contribution is 5.97. The summed E-state index contributed by atoms with van der Waals surface area (Å²) < 4.78 is 5.75. The maximum absolute atomic E-state index is 12.3. The number of benzene rings is 2. The number of rotatable bonds is 8. The molecular weight excluding hydrogens is 354 g/mol. The van der Waals surface area contributed by atoms with Gasteiger partial charge in [-0.3, -0.25) is 14.6 Å². The number of pyridine rings is 1. The van der Waals surface area contributed by atoms with Gasteiger partial charge < -0.3 is 15.8 Å². The van der Waals surface area contributed by atoms with Crippen molar-refractivity contribution in [1.82, 2.24) is 10.3 Å². The van der Waals surface area contributed by atoms with Gasteiger partial charge in [-0.05, 0) is 35.4 Å². The lowest BCUT2D eigenvalue weighted by molar-refractivity contribution is -0.119. The van der Waals surface area contributed by atoms with Crippen molar-refractivity contribution in [3.63, 3.8) is 0 Å². The monoisotopic (exact) mass is 375 g/mol. The van der Waals surface area contributed by atoms with E-state index in [1.807, 2.05) is 54.6 Å². The largest absolute Gasteiger partial charge is 0.489 e. The summed E-state index contributed by atoms with van der Waals surface area (Å²) in [6, 6.07) is 19.6. The number of carbonyl (C=O) groups is 2. The molecule has 28 heavy (non-hydrogen) atoms. The number of hydrogen-bond acceptors (Lipinski definition) is 4. The first kappa shape index (κ1) is 19.1. The van der Waals surface area contributed by atoms with Crippen LogP contribution in [0.3, 0.4) is 0 Å². The second-order valence-corrected chi connectivity index (χ2v) is 6.29. The van der Waals surface area contributed by atoms with Gasteiger partial charge in [-0.15, -0.1) is 0 Å². The molecular formula is C22H21N3O3. The van der Waals surface area contributed by atoms with Gasteiger partial charge in [0, 0.05) is 24.4 Å². The summed E-state index contributed by atoms with van der Waals surface area (Å²) in [6.07, 6.45) is 3.33. The molecule has 0 fully saturated rings. The standard InChI is InChI=1S/C22H21N3O3/c23-21(26)20(25-22(27)18-10-12-24-13-11-18)14-16-6-8-19(9-7-16)28-15-17-4-2-1-3-5-17/h1-13,20H,14-15H2,(H2,23,26)(H,25,27)/t20-/m1/s1. The number of amides is 2. The molecule has 1 atom stereocenters. The van der Waals surface area contributed by atoms with Gasteiger partial charge in [0.15, 0.2) is 0 Å². The van der Waals surface area contributed by atoms with E-state index in [4.69, 9.17) is 10.5 Å². The molecule has 1 heterocycles. The molecule has 2 aromatic carbocycles. The number of nitrogens with two attached hydrogens (primary N) is 1. The molecule has 0 unspecified atom stereocenters. The van der Waals surface area contributed by atoms with E-state index in [-0.39, 0.29) is 5.91 Å². The van der Waals surface area contributed by atoms with Crippen molar-refractivity contribution in [2.45, 2.75) is 19.1 Å². The molecule has 0 saturated carbocycles. The molecule has 0 aliphatic heterocycles. The molecule has 0 aliphatic carbocycles. The summed E-state index contributed by atoms with van der Waals surface area (Å²) in [5.41, 5.74) is 7.83. The Labute approximate surface area is 163 Å². The van der Waals surface area contributed by atoms with Crippen molar-refractivity contribution >= 4 is 11.8 Å². The number of hydrogen-bond donors (Lipinski definition) is 2. The number of nitrogens with zero attached hydrogens (tertiary/aromatic N) is 1. The summed E-state index contributed by atoms with van der Waals surface area (Å²) in [5.74, 6) is -0.232. The van der Waals surface area contributed by atoms with E-state index in [1.54, 1.807) is 12.1 Å². The number of primary amides is 1. The lowest BCUT2D eigenvalue weighted by Crippen LogP contribution is -2.45. The highest BCUT2D eigenvalue weighted by atomic mass is 16.5. The number of nitrogens with one attached hydrogen (secondary N) is 1. The quantitative estimate of drug-likeness (QED) is 0.632. The lowest BCUT2D eigenvalue weighted by Gasteiger charge is -2.16. The van der Waals surface area contributed by atoms with Crippen LogP contribution in [0.5, 0.6) is 5.75 Å². The van der Waals surface area contributed by atoms with Crippen molar-refractivity contribution in [3.8, 4) is 5.75 Å². The fourth-order valence-electron chi connectivity index (χ4n) is 2.67. The van der Waals surface area contributed by atoms with E-state index in [2.05, 4.69) is 10.3 Å². The maximum atomic E-state index is 12.3. The molecule has 0 bridgehead atoms. The summed E-state index contributed by atoms with van der Waals surface area (Å²) in [5, 5.41) is 2.67. The zero-order valence-electron chi connectivity index (χ0n) is 15.2. The third kappa shape index (κ3) is 5.41. The van der Waals surface area contributed by atoms with Crippen molar-refractivity contribution in [3.05, 3.63) is 95.8 Å². The van der Waals surface area contributed by atoms with Crippen LogP contribution in [-0.4, -0.2) is 22.8 Å². The maximum Gasteiger partial charge on any atom is 0.252 e. The fourth-order valence-corrected chi connectivity index (χ4v) is 2.67. The Morgan fingerprint density at radius 2 is 1.61 bits per heavy atom. The van der Waals surface area contributed by atoms with Gasteiger partial charge in [0.2, 0.25) is 5.91 Å². The zero-order chi connectivity index (χ0) is 19.8. The summed E-state index contributed by atoms with van der Waals surface area (Å²) >= 11 is 0. The average molecular weight is 375 g/mol. The molecule has 142 valence electrons. The molecule has 6 nitrogen and oxygen atoms in total. The van der Waals surface area contributed by atoms with Crippen LogP contribution in [0.4, 0.5) is 0 Å². The Hall–Kier alpha value is -3.67. The lowest BCUT2D eigenvalue weighted by atomic mass is 10.0. The first-order valence-corrected chi connectivity index (χ1v) is 8.87. The summed E-state index contributed by atoms with van der Waals surface area (Å²) in [7, 11) is 0. The van der Waals surface area contributed by atoms with Crippen LogP contribution >= 0.6 is 0 Å². The minimum absolute atomic E-state index is 0.297. The second kappa shape index (κ2) is 9.32. The molecule has 6 heteroatoms. The van der Waals surface area contributed by atoms with Crippen LogP contribution in [0.2, 0.25) is 0 Å². The smallest absolute Gasteiger partial charge is 0.252 e. The Bertz CT molecular complexity index is 913. The van der Waals surface area contributed by atoms with E-state index in [0.717, 1.165) is 16.9 Å². The number of ether oxygens (including phenoxy) is 1. The van der Waals surface area contributed by atoms with Gasteiger partial charge in [0.05, 0.1) is 0 Å². The number of carbonyl (C=O) groups excluding carboxylic acids is 2. The van der Waals surface area contributed by atoms with E-state index in [9.17, 15) is 9.59 Å². The highest BCUT2D eigenvalue weighted by Crippen LogP contribution is 2.15. The Morgan fingerprint density at radius 3 is 2.25 bits per heavy atom. The topological polar surface area (TPSA) is 94.3 Å². The SMILES string of the molecule is NC(=O)[C@@H](Cc1ccc(OCc2ccccc2)cc1)NC(=O)c1ccncc1. The fraction of sp³-hybridized carbons (Fsp3) is 0.136. The van der Waals surface area contributed by atoms with Gasteiger partial charge in [-0.1, -0.05) is 42.5 Å². The van der Waals surface area contributed by atoms with E-state index >= 15 is 0 Å². The molecule has 1 aromatic heterocycles. The molecule has 3 rings (SSSR count). The molecule has 0 aliphatic rings. The molecule has 2 amide bonds. The third-order valence-electron chi connectivity index (χ3n) is 4.20. The molecule has 0 spiro atoms. The second-order valence-electron chi connectivity index (χ2n) is 6.29. The van der Waals surface area contributed by atoms with Gasteiger partial charge in [0.25, 0.3) is 5.91 Å². The Kier molecular flexibility index (Phi) is 6.36. The molecule has 0 saturated heterocycles. The van der Waals surface area contributed by atoms with Crippen LogP contribution in [0, 0.1) is 0 Å². The predicted octanol–water partition coefficient (Wildman–Crippen LogP) is 2.49. The van der Waals surface area contributed by atoms with Crippen LogP contribution in [-0.2, 0) is 17.8 Å². The van der Waals surface area contributed by atoms with Crippen LogP contribution in [0.15, 0.2) is 79.1 Å². The Morgan fingerprint density at radius 1 is 0.929 bits per heavy atom. The number of aromatic nitrogens is 1. The minimum Gasteiger partial charge on any atom is -0.489 e. The molecule has 3 aromatic rings. The predicted molar refractivity (Wildman–Crippen MR) is 106 cm³/mol. The Balaban J connectivity index is 1.59. The first-order valence-electron chi connectivity index (χ1n) is 8.87. The highest BCUT2D eigenvalue weighted by Gasteiger charge is 2.19. The normalized spacial score (nSPS) is 11.4. The van der Waals surface area contributed by atoms with E-state index < -0.39 is 11.9 Å². The van der Waals surface area contributed by atoms with Gasteiger partial charge in [-0.2, -0.15) is 0 Å². The minimum atomic E-state index is -0.809. The van der Waals surface area contributed by atoms with Crippen molar-refractivity contribution in [1.29, 1.82) is 0 Å².